The van der Waals surface area contributed by atoms with E-state index in [2.05, 4.69) is 85.4 Å². The molecule has 0 radical (unpaired) electrons. The fraction of sp³-hybridized carbons (Fsp3) is 0.562. The summed E-state index contributed by atoms with van der Waals surface area (Å²) < 4.78 is 232. The van der Waals surface area contributed by atoms with Crippen LogP contribution in [0.5, 0.6) is 0 Å². The molecule has 0 saturated carbocycles. The second-order valence-electron chi connectivity index (χ2n) is 30.8. The van der Waals surface area contributed by atoms with Gasteiger partial charge in [-0.25, -0.2) is 29.7 Å². The van der Waals surface area contributed by atoms with Gasteiger partial charge in [0.2, 0.25) is 11.8 Å². The molecule has 2 amide bonds. The molecule has 12 atom stereocenters. The number of hydrogen-bond donors (Lipinski definition) is 10. The Morgan fingerprint density at radius 3 is 1.22 bits per heavy atom. The Balaban J connectivity index is 0.000000230. The number of imidazole rings is 5. The van der Waals surface area contributed by atoms with Crippen LogP contribution < -0.4 is 91.2 Å². The zero-order chi connectivity index (χ0) is 102. The Labute approximate surface area is 822 Å². The summed E-state index contributed by atoms with van der Waals surface area (Å²) >= 11 is -7.86. The maximum absolute atomic E-state index is 14.2. The third kappa shape index (κ3) is 32.7. The van der Waals surface area contributed by atoms with Gasteiger partial charge in [0.1, 0.15) is 57.6 Å². The van der Waals surface area contributed by atoms with Crippen molar-refractivity contribution in [3.8, 4) is 0 Å². The van der Waals surface area contributed by atoms with Gasteiger partial charge in [0, 0.05) is 42.4 Å². The van der Waals surface area contributed by atoms with E-state index in [0.29, 0.717) is 24.0 Å². The number of anilines is 5. The third-order valence-corrected chi connectivity index (χ3v) is 23.9. The topological polar surface area (TPSA) is 770 Å². The molecular weight excluding hydrogens is 2240 g/mol. The summed E-state index contributed by atoms with van der Waals surface area (Å²) in [4.78, 5) is 92.1. The quantitative estimate of drug-likeness (QED) is 0.00597. The van der Waals surface area contributed by atoms with Gasteiger partial charge in [-0.15, -0.1) is 0 Å². The van der Waals surface area contributed by atoms with Crippen molar-refractivity contribution in [2.45, 2.75) is 184 Å². The molecule has 15 rings (SSSR count). The van der Waals surface area contributed by atoms with E-state index >= 15 is 0 Å². The number of fused-ring (bicyclic) bond motifs is 5. The fourth-order valence-corrected chi connectivity index (χ4v) is 16.3. The van der Waals surface area contributed by atoms with Crippen molar-refractivity contribution in [1.82, 2.24) is 97.6 Å². The van der Waals surface area contributed by atoms with Crippen LogP contribution >= 0.6 is 22.8 Å². The number of ether oxygens (including phenoxy) is 7. The fourth-order valence-electron chi connectivity index (χ4n) is 12.6. The molecule has 0 spiro atoms. The normalized spacial score (nSPS) is 20.6. The van der Waals surface area contributed by atoms with Gasteiger partial charge in [0.15, 0.2) is 129 Å². The molecule has 0 aromatic carbocycles. The first-order valence-electron chi connectivity index (χ1n) is 41.1. The maximum atomic E-state index is 14.2. The van der Waals surface area contributed by atoms with Gasteiger partial charge in [-0.3, -0.25) is 59.9 Å². The predicted octanol–water partition coefficient (Wildman–Crippen LogP) is -2.66. The number of nitrogen functional groups attached to an aromatic ring is 3. The van der Waals surface area contributed by atoms with E-state index in [9.17, 15) is 60.2 Å². The molecule has 13 N–H and O–H groups in total. The number of aliphatic hydroxyl groups is 4. The SMILES string of the molecule is CCOP(=O)(CO)OCC.CCOP(=O)(CO[C@@H]1C=C[C@H](n2cnc3c(NC(=O)C(C)(C)C)nc(F)nc32)O1)OCC.CCOP(=O)(CO[C@H]1O[C@@H](n2cnc3c(NC(=O)C(C)(C)C)nc(F)nc32)C[C@@H]1C)OCC.Nc1nc(F)nc2c1ncn2[C@H]1CC=CO1.Nc1nc(F)nc2c1ncn2[C@H]1C[C@H](O)[C@@H](C(=O)O)O1.Nc1nc(F)nc2c1ncn2[C@H]1C[C@H](O)[C@@H](CO)O1.[Na+].[O-][I+3]([O-])([O-])[O-].[O]=[Pt]=[O]. The number of aromatic nitrogens is 20. The molecule has 0 unspecified atom stereocenters. The minimum atomic E-state index is -5.94. The summed E-state index contributed by atoms with van der Waals surface area (Å²) in [7, 11) is -9.93. The third-order valence-electron chi connectivity index (χ3n) is 18.7. The van der Waals surface area contributed by atoms with Crippen LogP contribution in [0.2, 0.25) is 0 Å². The Bertz CT molecular complexity index is 6020. The molecule has 3 fully saturated rings. The number of nitrogens with two attached hydrogens (primary N) is 3. The van der Waals surface area contributed by atoms with E-state index in [1.165, 1.54) is 45.3 Å². The van der Waals surface area contributed by atoms with E-state index in [1.54, 1.807) is 111 Å². The number of aliphatic hydroxyl groups excluding tert-OH is 4. The van der Waals surface area contributed by atoms with Crippen molar-refractivity contribution in [2.24, 2.45) is 16.7 Å². The molecule has 0 bridgehead atoms. The second-order valence-corrected chi connectivity index (χ2v) is 39.3. The van der Waals surface area contributed by atoms with Crippen LogP contribution in [-0.2, 0) is 114 Å². The molecule has 10 aromatic heterocycles. The number of carboxylic acids is 1. The summed E-state index contributed by atoms with van der Waals surface area (Å²) in [6.45, 7) is 23.7. The molecule has 55 nitrogen and oxygen atoms in total. The van der Waals surface area contributed by atoms with Gasteiger partial charge >= 0.3 is 114 Å². The molecule has 766 valence electrons. The summed E-state index contributed by atoms with van der Waals surface area (Å²) in [5.41, 5.74) is 17.4. The van der Waals surface area contributed by atoms with E-state index in [0.717, 1.165) is 0 Å². The molecule has 5 aliphatic heterocycles. The first kappa shape index (κ1) is 117. The van der Waals surface area contributed by atoms with Gasteiger partial charge in [-0.2, -0.15) is 71.8 Å². The van der Waals surface area contributed by atoms with Crippen LogP contribution in [-0.4, -0.2) is 243 Å². The number of carbonyl (C=O) groups is 3. The van der Waals surface area contributed by atoms with Crippen LogP contribution in [0.3, 0.4) is 0 Å². The number of hydrogen-bond acceptors (Lipinski definition) is 47. The number of amides is 2. The Hall–Kier alpha value is -8.60. The van der Waals surface area contributed by atoms with Gasteiger partial charge in [-0.1, -0.05) is 48.5 Å². The van der Waals surface area contributed by atoms with Crippen LogP contribution in [0.4, 0.5) is 51.0 Å². The average Bonchev–Trinajstić information content (AvgIpc) is 1.64. The predicted molar refractivity (Wildman–Crippen MR) is 447 cm³/mol. The standard InChI is InChI=1S/C20H31FN5O6P.C19H27FN5O6P.C10H10FN5O4.C10H12FN5O3.C9H8FN5O.C5H13O4P.IO4.Na.2O.Pt/c1-7-30-33(28,31-8-2)11-29-17-12(3)9-13(32-17)26-10-22-14-15(23-18(27)20(4,5)6)24-19(21)25-16(14)26;1-6-29-32(27,30-7-2)11-28-13-9-8-12(31-13)25-10-21-14-15(22-17(26)19(3,4)5)23-18(20)24-16(14)25;11-10-14-7(12)5-8(15-10)16(2-13-5)4-1-3(17)6(20-4)9(18)19;11-10-14-8(12)7-9(15-10)16(3-13-7)6-1-4(18)5(2-17)19-6;10-9-13-7(11)6-8(14-9)15(4-12-6)5-2-1-3-16-5;1-3-8-10(7,5-6)9-4-2;2-1(3,4)5;;;;/h10,12-13,17H,7-9,11H2,1-6H3,(H,23,24,25,27);8-10,12-13H,6-7,11H2,1-5H3,(H,22,23,24,26);2-4,6,17H,1H2,(H,18,19)(H2,12,14,15);3-6,17-18H,1-2H2,(H2,12,14,15);1,3-5H,2H2,(H2,11,13,14);6H,3-5H2,1-2H3;;;;;/q;;;;;;-1;+1;;;/t12-,13+,17-;12-,13+;3-,4+,6-;4-,5+,6+;5-;;;;;;/m01001....../s1. The van der Waals surface area contributed by atoms with Crippen molar-refractivity contribution in [3.63, 3.8) is 0 Å². The van der Waals surface area contributed by atoms with Gasteiger partial charge in [-0.05, 0) is 59.8 Å². The van der Waals surface area contributed by atoms with E-state index in [-0.39, 0.29) is 199 Å². The molecule has 66 heteroatoms. The Morgan fingerprint density at radius 2 is 0.856 bits per heavy atom. The summed E-state index contributed by atoms with van der Waals surface area (Å²) in [6, 6.07) is 0. The van der Waals surface area contributed by atoms with Crippen LogP contribution in [0.25, 0.3) is 55.8 Å². The van der Waals surface area contributed by atoms with Gasteiger partial charge in [0.25, 0.3) is 0 Å². The van der Waals surface area contributed by atoms with E-state index < -0.39 is 177 Å². The number of nitrogens with one attached hydrogen (secondary N) is 2. The molecule has 15 heterocycles. The van der Waals surface area contributed by atoms with Crippen LogP contribution in [0.1, 0.15) is 147 Å². The monoisotopic (exact) mass is 2340 g/mol. The molecular formula is C73H101F5IN25NaO30P3Pt. The average molecular weight is 2340 g/mol. The minimum absolute atomic E-state index is 0. The van der Waals surface area contributed by atoms with Gasteiger partial charge in [0.05, 0.1) is 90.0 Å². The van der Waals surface area contributed by atoms with Gasteiger partial charge < -0.3 is 114 Å². The van der Waals surface area contributed by atoms with Crippen molar-refractivity contribution in [2.75, 3.05) is 93.1 Å². The molecule has 3 saturated heterocycles. The second kappa shape index (κ2) is 52.6. The molecule has 10 aromatic rings. The van der Waals surface area contributed by atoms with Crippen molar-refractivity contribution in [3.05, 3.63) is 86.5 Å². The summed E-state index contributed by atoms with van der Waals surface area (Å²) in [5.74, 6) is -2.21. The molecule has 5 aliphatic rings. The van der Waals surface area contributed by atoms with Crippen molar-refractivity contribution >= 4 is 125 Å². The Kier molecular flexibility index (Phi) is 44.4. The van der Waals surface area contributed by atoms with E-state index in [4.69, 9.17) is 113 Å². The first-order valence-corrected chi connectivity index (χ1v) is 51.7. The summed E-state index contributed by atoms with van der Waals surface area (Å²) in [5, 5.41) is 51.0. The summed E-state index contributed by atoms with van der Waals surface area (Å²) in [6.07, 6.45) is 0.908. The number of carbonyl (C=O) groups excluding carboxylic acids is 2. The number of carboxylic acid groups (broad SMARTS) is 1. The number of halogens is 6. The van der Waals surface area contributed by atoms with Crippen molar-refractivity contribution < 1.29 is 225 Å². The molecule has 0 aliphatic carbocycles. The van der Waals surface area contributed by atoms with Crippen molar-refractivity contribution in [1.29, 1.82) is 0 Å². The molecule has 139 heavy (non-hydrogen) atoms. The number of aliphatic carboxylic acids is 1. The zero-order valence-electron chi connectivity index (χ0n) is 76.6. The Morgan fingerprint density at radius 1 is 0.511 bits per heavy atom. The van der Waals surface area contributed by atoms with Crippen LogP contribution in [0, 0.1) is 47.1 Å². The number of nitrogens with zero attached hydrogens (tertiary/aromatic N) is 20. The zero-order valence-corrected chi connectivity index (χ0v) is 85.7. The first-order chi connectivity index (χ1) is 64.9. The number of rotatable bonds is 28. The van der Waals surface area contributed by atoms with Crippen LogP contribution in [0.15, 0.2) is 56.1 Å². The van der Waals surface area contributed by atoms with E-state index in [1.807, 2.05) is 13.0 Å².